The Balaban J connectivity index is 1.48. The first kappa shape index (κ1) is 17.3. The normalized spacial score (nSPS) is 16.0. The van der Waals surface area contributed by atoms with E-state index < -0.39 is 0 Å². The van der Waals surface area contributed by atoms with Crippen LogP contribution in [0.4, 0.5) is 17.1 Å². The molecule has 7 heteroatoms. The maximum absolute atomic E-state index is 12.6. The lowest BCUT2D eigenvalue weighted by Crippen LogP contribution is -2.49. The number of fused-ring (bicyclic) bond motifs is 1. The van der Waals surface area contributed by atoms with Gasteiger partial charge in [-0.2, -0.15) is 0 Å². The van der Waals surface area contributed by atoms with Crippen LogP contribution in [0, 0.1) is 10.1 Å². The summed E-state index contributed by atoms with van der Waals surface area (Å²) in [5.41, 5.74) is 3.89. The highest BCUT2D eigenvalue weighted by molar-refractivity contribution is 5.80. The van der Waals surface area contributed by atoms with Gasteiger partial charge in [0, 0.05) is 50.0 Å². The van der Waals surface area contributed by atoms with Gasteiger partial charge in [0.2, 0.25) is 5.91 Å². The maximum atomic E-state index is 12.6. The molecule has 0 unspecified atom stereocenters. The molecule has 2 heterocycles. The Bertz CT molecular complexity index is 861. The minimum absolute atomic E-state index is 0.107. The van der Waals surface area contributed by atoms with E-state index >= 15 is 0 Å². The monoisotopic (exact) mass is 366 g/mol. The first-order chi connectivity index (χ1) is 13.1. The van der Waals surface area contributed by atoms with Gasteiger partial charge >= 0.3 is 0 Å². The van der Waals surface area contributed by atoms with Crippen molar-refractivity contribution in [3.8, 4) is 0 Å². The number of nitrogens with zero attached hydrogens (tertiary/aromatic N) is 3. The molecule has 27 heavy (non-hydrogen) atoms. The van der Waals surface area contributed by atoms with Crippen LogP contribution < -0.4 is 10.2 Å². The van der Waals surface area contributed by atoms with Crippen LogP contribution in [0.5, 0.6) is 0 Å². The van der Waals surface area contributed by atoms with E-state index in [1.165, 1.54) is 0 Å². The second-order valence-electron chi connectivity index (χ2n) is 6.92. The van der Waals surface area contributed by atoms with Gasteiger partial charge in [0.15, 0.2) is 0 Å². The summed E-state index contributed by atoms with van der Waals surface area (Å²) in [4.78, 5) is 27.7. The topological polar surface area (TPSA) is 78.7 Å². The van der Waals surface area contributed by atoms with Gasteiger partial charge in [-0.3, -0.25) is 14.9 Å². The summed E-state index contributed by atoms with van der Waals surface area (Å²) in [7, 11) is 0. The standard InChI is InChI=1S/C20H22N4O3/c25-19(14-15-4-2-1-3-5-15)22-10-12-23(13-11-22)20-16-8-9-21-17(16)6-7-18(20)24(26)27/h1-7,21H,8-14H2. The van der Waals surface area contributed by atoms with Crippen molar-refractivity contribution in [1.82, 2.24) is 4.90 Å². The summed E-state index contributed by atoms with van der Waals surface area (Å²) in [6.45, 7) is 3.19. The van der Waals surface area contributed by atoms with Crippen LogP contribution in [-0.2, 0) is 17.6 Å². The van der Waals surface area contributed by atoms with Crippen LogP contribution in [0.25, 0.3) is 0 Å². The molecule has 0 atom stereocenters. The Morgan fingerprint density at radius 1 is 1.07 bits per heavy atom. The highest BCUT2D eigenvalue weighted by Crippen LogP contribution is 2.39. The third-order valence-electron chi connectivity index (χ3n) is 5.30. The Morgan fingerprint density at radius 3 is 2.52 bits per heavy atom. The Morgan fingerprint density at radius 2 is 1.81 bits per heavy atom. The van der Waals surface area contributed by atoms with Gasteiger partial charge in [0.05, 0.1) is 11.3 Å². The highest BCUT2D eigenvalue weighted by Gasteiger charge is 2.30. The molecule has 1 N–H and O–H groups in total. The van der Waals surface area contributed by atoms with Crippen molar-refractivity contribution in [2.75, 3.05) is 42.9 Å². The van der Waals surface area contributed by atoms with E-state index in [0.29, 0.717) is 32.6 Å². The number of piperazine rings is 1. The Kier molecular flexibility index (Phi) is 4.66. The highest BCUT2D eigenvalue weighted by atomic mass is 16.6. The smallest absolute Gasteiger partial charge is 0.292 e. The number of benzene rings is 2. The van der Waals surface area contributed by atoms with Gasteiger partial charge in [-0.1, -0.05) is 30.3 Å². The number of carbonyl (C=O) groups is 1. The molecule has 4 rings (SSSR count). The average Bonchev–Trinajstić information content (AvgIpc) is 3.17. The second-order valence-corrected chi connectivity index (χ2v) is 6.92. The number of hydrogen-bond donors (Lipinski definition) is 1. The zero-order valence-electron chi connectivity index (χ0n) is 15.1. The molecule has 0 aliphatic carbocycles. The predicted octanol–water partition coefficient (Wildman–Crippen LogP) is 2.45. The summed E-state index contributed by atoms with van der Waals surface area (Å²) in [5, 5.41) is 14.8. The average molecular weight is 366 g/mol. The van der Waals surface area contributed by atoms with Crippen LogP contribution in [0.3, 0.4) is 0 Å². The molecule has 1 fully saturated rings. The second kappa shape index (κ2) is 7.26. The number of anilines is 2. The molecule has 2 aliphatic rings. The third-order valence-corrected chi connectivity index (χ3v) is 5.30. The first-order valence-corrected chi connectivity index (χ1v) is 9.24. The molecule has 0 aromatic heterocycles. The largest absolute Gasteiger partial charge is 0.384 e. The summed E-state index contributed by atoms with van der Waals surface area (Å²) in [5.74, 6) is 0.107. The number of carbonyl (C=O) groups excluding carboxylic acids is 1. The molecule has 0 spiro atoms. The molecule has 2 aliphatic heterocycles. The van der Waals surface area contributed by atoms with Crippen molar-refractivity contribution in [3.63, 3.8) is 0 Å². The lowest BCUT2D eigenvalue weighted by atomic mass is 10.1. The van der Waals surface area contributed by atoms with Gasteiger partial charge < -0.3 is 15.1 Å². The fourth-order valence-electron chi connectivity index (χ4n) is 3.93. The summed E-state index contributed by atoms with van der Waals surface area (Å²) < 4.78 is 0. The molecular formula is C20H22N4O3. The zero-order valence-corrected chi connectivity index (χ0v) is 15.1. The zero-order chi connectivity index (χ0) is 18.8. The van der Waals surface area contributed by atoms with E-state index in [2.05, 4.69) is 10.2 Å². The molecule has 140 valence electrons. The van der Waals surface area contributed by atoms with Crippen molar-refractivity contribution in [2.24, 2.45) is 0 Å². The number of amides is 1. The molecule has 1 saturated heterocycles. The van der Waals surface area contributed by atoms with E-state index in [1.807, 2.05) is 35.2 Å². The fraction of sp³-hybridized carbons (Fsp3) is 0.350. The fourth-order valence-corrected chi connectivity index (χ4v) is 3.93. The maximum Gasteiger partial charge on any atom is 0.292 e. The lowest BCUT2D eigenvalue weighted by Gasteiger charge is -2.36. The van der Waals surface area contributed by atoms with Crippen molar-refractivity contribution in [1.29, 1.82) is 0 Å². The van der Waals surface area contributed by atoms with E-state index in [1.54, 1.807) is 12.1 Å². The molecular weight excluding hydrogens is 344 g/mol. The van der Waals surface area contributed by atoms with Gasteiger partial charge in [-0.25, -0.2) is 0 Å². The van der Waals surface area contributed by atoms with Crippen molar-refractivity contribution >= 4 is 23.0 Å². The number of nitrogens with one attached hydrogen (secondary N) is 1. The van der Waals surface area contributed by atoms with Crippen molar-refractivity contribution in [2.45, 2.75) is 12.8 Å². The van der Waals surface area contributed by atoms with Gasteiger partial charge in [-0.15, -0.1) is 0 Å². The van der Waals surface area contributed by atoms with Gasteiger partial charge in [0.25, 0.3) is 5.69 Å². The minimum atomic E-state index is -0.305. The number of nitro benzene ring substituents is 1. The van der Waals surface area contributed by atoms with E-state index in [9.17, 15) is 14.9 Å². The Hall–Kier alpha value is -3.09. The van der Waals surface area contributed by atoms with Crippen LogP contribution in [0.2, 0.25) is 0 Å². The van der Waals surface area contributed by atoms with Crippen LogP contribution in [0.15, 0.2) is 42.5 Å². The Labute approximate surface area is 157 Å². The predicted molar refractivity (Wildman–Crippen MR) is 104 cm³/mol. The molecule has 2 aromatic rings. The molecule has 0 radical (unpaired) electrons. The molecule has 0 saturated carbocycles. The van der Waals surface area contributed by atoms with Gasteiger partial charge in [-0.05, 0) is 18.1 Å². The van der Waals surface area contributed by atoms with Crippen molar-refractivity contribution in [3.05, 3.63) is 63.7 Å². The first-order valence-electron chi connectivity index (χ1n) is 9.24. The van der Waals surface area contributed by atoms with Crippen LogP contribution in [-0.4, -0.2) is 48.5 Å². The molecule has 7 nitrogen and oxygen atoms in total. The van der Waals surface area contributed by atoms with Crippen LogP contribution in [0.1, 0.15) is 11.1 Å². The number of nitro groups is 1. The summed E-state index contributed by atoms with van der Waals surface area (Å²) in [6, 6.07) is 13.1. The van der Waals surface area contributed by atoms with E-state index in [-0.39, 0.29) is 16.5 Å². The van der Waals surface area contributed by atoms with E-state index in [4.69, 9.17) is 0 Å². The summed E-state index contributed by atoms with van der Waals surface area (Å²) >= 11 is 0. The molecule has 1 amide bonds. The SMILES string of the molecule is O=C(Cc1ccccc1)N1CCN(c2c([N+](=O)[O-])ccc3c2CCN3)CC1. The van der Waals surface area contributed by atoms with E-state index in [0.717, 1.165) is 35.5 Å². The summed E-state index contributed by atoms with van der Waals surface area (Å²) in [6.07, 6.45) is 1.19. The van der Waals surface area contributed by atoms with Crippen LogP contribution >= 0.6 is 0 Å². The molecule has 0 bridgehead atoms. The lowest BCUT2D eigenvalue weighted by molar-refractivity contribution is -0.384. The third kappa shape index (κ3) is 3.45. The number of hydrogen-bond acceptors (Lipinski definition) is 5. The van der Waals surface area contributed by atoms with Crippen molar-refractivity contribution < 1.29 is 9.72 Å². The quantitative estimate of drug-likeness (QED) is 0.664. The van der Waals surface area contributed by atoms with Gasteiger partial charge in [0.1, 0.15) is 5.69 Å². The minimum Gasteiger partial charge on any atom is -0.384 e. The molecule has 2 aromatic carbocycles. The number of rotatable bonds is 4.